The van der Waals surface area contributed by atoms with Crippen molar-refractivity contribution >= 4 is 11.6 Å². The zero-order valence-electron chi connectivity index (χ0n) is 10.3. The number of carbonyl (C=O) groups is 1. The van der Waals surface area contributed by atoms with Gasteiger partial charge in [0, 0.05) is 12.0 Å². The molecule has 1 aromatic carbocycles. The maximum atomic E-state index is 11.8. The Labute approximate surface area is 101 Å². The van der Waals surface area contributed by atoms with Crippen LogP contribution in [0, 0.1) is 11.8 Å². The molecule has 0 aromatic heterocycles. The van der Waals surface area contributed by atoms with E-state index in [1.54, 1.807) is 32.4 Å². The van der Waals surface area contributed by atoms with Crippen LogP contribution in [0.25, 0.3) is 0 Å². The third kappa shape index (κ3) is 2.52. The Balaban J connectivity index is 2.12. The molecule has 1 amide bonds. The van der Waals surface area contributed by atoms with Gasteiger partial charge in [-0.2, -0.15) is 0 Å². The fourth-order valence-corrected chi connectivity index (χ4v) is 1.81. The van der Waals surface area contributed by atoms with Crippen LogP contribution >= 0.6 is 0 Å². The second-order valence-corrected chi connectivity index (χ2v) is 4.37. The molecule has 0 spiro atoms. The molecule has 0 radical (unpaired) electrons. The molecule has 4 nitrogen and oxygen atoms in total. The average Bonchev–Trinajstić information content (AvgIpc) is 3.07. The lowest BCUT2D eigenvalue weighted by molar-refractivity contribution is -0.117. The number of amides is 1. The largest absolute Gasteiger partial charge is 0.497 e. The first-order valence-corrected chi connectivity index (χ1v) is 5.68. The van der Waals surface area contributed by atoms with E-state index in [1.807, 2.05) is 0 Å². The lowest BCUT2D eigenvalue weighted by atomic mass is 10.2. The summed E-state index contributed by atoms with van der Waals surface area (Å²) in [6.45, 7) is 2.08. The standard InChI is InChI=1S/C13H17NO3/c1-8-6-10(8)13(15)14-11-5-4-9(16-2)7-12(11)17-3/h4-5,7-8,10H,6H2,1-3H3,(H,14,15). The molecule has 1 N–H and O–H groups in total. The topological polar surface area (TPSA) is 47.6 Å². The van der Waals surface area contributed by atoms with Crippen molar-refractivity contribution in [1.82, 2.24) is 0 Å². The predicted octanol–water partition coefficient (Wildman–Crippen LogP) is 2.30. The van der Waals surface area contributed by atoms with Gasteiger partial charge in [-0.1, -0.05) is 6.92 Å². The van der Waals surface area contributed by atoms with Crippen LogP contribution in [0.2, 0.25) is 0 Å². The van der Waals surface area contributed by atoms with Crippen LogP contribution in [0.15, 0.2) is 18.2 Å². The fraction of sp³-hybridized carbons (Fsp3) is 0.462. The van der Waals surface area contributed by atoms with Crippen molar-refractivity contribution in [3.8, 4) is 11.5 Å². The summed E-state index contributed by atoms with van der Waals surface area (Å²) >= 11 is 0. The van der Waals surface area contributed by atoms with Gasteiger partial charge in [0.25, 0.3) is 0 Å². The third-order valence-electron chi connectivity index (χ3n) is 3.11. The molecule has 4 heteroatoms. The number of benzene rings is 1. The predicted molar refractivity (Wildman–Crippen MR) is 65.4 cm³/mol. The van der Waals surface area contributed by atoms with Crippen molar-refractivity contribution in [2.45, 2.75) is 13.3 Å². The van der Waals surface area contributed by atoms with Gasteiger partial charge in [-0.25, -0.2) is 0 Å². The number of ether oxygens (including phenoxy) is 2. The summed E-state index contributed by atoms with van der Waals surface area (Å²) in [5, 5.41) is 2.89. The van der Waals surface area contributed by atoms with E-state index >= 15 is 0 Å². The monoisotopic (exact) mass is 235 g/mol. The van der Waals surface area contributed by atoms with Crippen LogP contribution in [0.5, 0.6) is 11.5 Å². The number of anilines is 1. The van der Waals surface area contributed by atoms with Crippen molar-refractivity contribution < 1.29 is 14.3 Å². The number of rotatable bonds is 4. The van der Waals surface area contributed by atoms with Gasteiger partial charge in [-0.05, 0) is 24.5 Å². The quantitative estimate of drug-likeness (QED) is 0.871. The summed E-state index contributed by atoms with van der Waals surface area (Å²) in [5.41, 5.74) is 0.692. The highest BCUT2D eigenvalue weighted by Gasteiger charge is 2.39. The molecule has 92 valence electrons. The average molecular weight is 235 g/mol. The van der Waals surface area contributed by atoms with E-state index in [0.717, 1.165) is 6.42 Å². The Hall–Kier alpha value is -1.71. The van der Waals surface area contributed by atoms with Gasteiger partial charge in [0.15, 0.2) is 0 Å². The van der Waals surface area contributed by atoms with Crippen molar-refractivity contribution in [2.24, 2.45) is 11.8 Å². The van der Waals surface area contributed by atoms with Gasteiger partial charge in [0.05, 0.1) is 19.9 Å². The Morgan fingerprint density at radius 2 is 2.06 bits per heavy atom. The maximum Gasteiger partial charge on any atom is 0.227 e. The van der Waals surface area contributed by atoms with E-state index in [4.69, 9.17) is 9.47 Å². The van der Waals surface area contributed by atoms with Gasteiger partial charge in [-0.15, -0.1) is 0 Å². The van der Waals surface area contributed by atoms with Gasteiger partial charge >= 0.3 is 0 Å². The highest BCUT2D eigenvalue weighted by Crippen LogP contribution is 2.39. The molecule has 0 saturated heterocycles. The Bertz CT molecular complexity index is 431. The van der Waals surface area contributed by atoms with Crippen molar-refractivity contribution in [3.63, 3.8) is 0 Å². The van der Waals surface area contributed by atoms with E-state index < -0.39 is 0 Å². The normalized spacial score (nSPS) is 21.8. The molecule has 1 fully saturated rings. The number of hydrogen-bond acceptors (Lipinski definition) is 3. The van der Waals surface area contributed by atoms with Crippen molar-refractivity contribution in [3.05, 3.63) is 18.2 Å². The van der Waals surface area contributed by atoms with Gasteiger partial charge in [0.2, 0.25) is 5.91 Å². The molecule has 1 aromatic rings. The molecular weight excluding hydrogens is 218 g/mol. The molecular formula is C13H17NO3. The van der Waals surface area contributed by atoms with Crippen molar-refractivity contribution in [1.29, 1.82) is 0 Å². The zero-order chi connectivity index (χ0) is 12.4. The second-order valence-electron chi connectivity index (χ2n) is 4.37. The van der Waals surface area contributed by atoms with Crippen LogP contribution < -0.4 is 14.8 Å². The summed E-state index contributed by atoms with van der Waals surface area (Å²) in [6.07, 6.45) is 0.976. The van der Waals surface area contributed by atoms with Crippen LogP contribution in [-0.4, -0.2) is 20.1 Å². The van der Waals surface area contributed by atoms with Crippen LogP contribution in [0.3, 0.4) is 0 Å². The first-order valence-electron chi connectivity index (χ1n) is 5.68. The highest BCUT2D eigenvalue weighted by atomic mass is 16.5. The van der Waals surface area contributed by atoms with Gasteiger partial charge in [0.1, 0.15) is 11.5 Å². The lowest BCUT2D eigenvalue weighted by Crippen LogP contribution is -2.15. The van der Waals surface area contributed by atoms with Crippen LogP contribution in [0.4, 0.5) is 5.69 Å². The van der Waals surface area contributed by atoms with Crippen LogP contribution in [0.1, 0.15) is 13.3 Å². The number of methoxy groups -OCH3 is 2. The first-order chi connectivity index (χ1) is 8.15. The zero-order valence-corrected chi connectivity index (χ0v) is 10.3. The Morgan fingerprint density at radius 1 is 1.35 bits per heavy atom. The minimum Gasteiger partial charge on any atom is -0.497 e. The third-order valence-corrected chi connectivity index (χ3v) is 3.11. The molecule has 1 aliphatic carbocycles. The molecule has 2 unspecified atom stereocenters. The highest BCUT2D eigenvalue weighted by molar-refractivity contribution is 5.95. The van der Waals surface area contributed by atoms with E-state index in [0.29, 0.717) is 23.1 Å². The molecule has 1 aliphatic rings. The molecule has 1 saturated carbocycles. The van der Waals surface area contributed by atoms with E-state index in [-0.39, 0.29) is 11.8 Å². The fourth-order valence-electron chi connectivity index (χ4n) is 1.81. The maximum absolute atomic E-state index is 11.8. The molecule has 2 atom stereocenters. The van der Waals surface area contributed by atoms with Gasteiger partial charge < -0.3 is 14.8 Å². The minimum atomic E-state index is 0.0703. The lowest BCUT2D eigenvalue weighted by Gasteiger charge is -2.11. The molecule has 17 heavy (non-hydrogen) atoms. The summed E-state index contributed by atoms with van der Waals surface area (Å²) < 4.78 is 10.3. The second kappa shape index (κ2) is 4.65. The summed E-state index contributed by atoms with van der Waals surface area (Å²) in [6, 6.07) is 5.35. The summed E-state index contributed by atoms with van der Waals surface area (Å²) in [4.78, 5) is 11.8. The smallest absolute Gasteiger partial charge is 0.227 e. The number of carbonyl (C=O) groups excluding carboxylic acids is 1. The summed E-state index contributed by atoms with van der Waals surface area (Å²) in [7, 11) is 3.17. The molecule has 0 aliphatic heterocycles. The van der Waals surface area contributed by atoms with E-state index in [9.17, 15) is 4.79 Å². The first kappa shape index (κ1) is 11.8. The SMILES string of the molecule is COc1ccc(NC(=O)C2CC2C)c(OC)c1. The van der Waals surface area contributed by atoms with Crippen LogP contribution in [-0.2, 0) is 4.79 Å². The van der Waals surface area contributed by atoms with E-state index in [2.05, 4.69) is 12.2 Å². The molecule has 0 heterocycles. The number of hydrogen-bond donors (Lipinski definition) is 1. The minimum absolute atomic E-state index is 0.0703. The molecule has 2 rings (SSSR count). The summed E-state index contributed by atoms with van der Waals surface area (Å²) in [5.74, 6) is 2.05. The Morgan fingerprint density at radius 3 is 2.59 bits per heavy atom. The molecule has 0 bridgehead atoms. The number of nitrogens with one attached hydrogen (secondary N) is 1. The Kier molecular flexibility index (Phi) is 3.22. The van der Waals surface area contributed by atoms with E-state index in [1.165, 1.54) is 0 Å². The van der Waals surface area contributed by atoms with Gasteiger partial charge in [-0.3, -0.25) is 4.79 Å². The van der Waals surface area contributed by atoms with Crippen molar-refractivity contribution in [2.75, 3.05) is 19.5 Å².